The highest BCUT2D eigenvalue weighted by Crippen LogP contribution is 2.29. The van der Waals surface area contributed by atoms with Gasteiger partial charge in [0.15, 0.2) is 11.5 Å². The predicted octanol–water partition coefficient (Wildman–Crippen LogP) is 3.04. The quantitative estimate of drug-likeness (QED) is 0.751. The summed E-state index contributed by atoms with van der Waals surface area (Å²) in [6.07, 6.45) is 1.66. The molecule has 2 heterocycles. The van der Waals surface area contributed by atoms with Crippen molar-refractivity contribution in [3.05, 3.63) is 48.0 Å². The molecule has 1 fully saturated rings. The molecule has 1 aliphatic heterocycles. The van der Waals surface area contributed by atoms with E-state index in [-0.39, 0.29) is 12.0 Å². The van der Waals surface area contributed by atoms with Gasteiger partial charge in [0.1, 0.15) is 17.1 Å². The minimum atomic E-state index is 0.0214. The molecule has 1 saturated heterocycles. The smallest absolute Gasteiger partial charge is 0.253 e. The molecule has 0 unspecified atom stereocenters. The number of carbonyl (C=O) groups excluding carboxylic acids is 1. The molecule has 2 aromatic carbocycles. The molecule has 1 amide bonds. The lowest BCUT2D eigenvalue weighted by atomic mass is 10.1. The molecule has 0 spiro atoms. The Morgan fingerprint density at radius 2 is 1.85 bits per heavy atom. The zero-order chi connectivity index (χ0) is 18.6. The highest BCUT2D eigenvalue weighted by atomic mass is 16.5. The molecular weight excluding hydrogens is 344 g/mol. The number of aromatic amines is 1. The molecule has 140 valence electrons. The molecule has 4 rings (SSSR count). The number of para-hydroxylation sites is 2. The van der Waals surface area contributed by atoms with E-state index < -0.39 is 0 Å². The zero-order valence-electron chi connectivity index (χ0n) is 15.2. The summed E-state index contributed by atoms with van der Waals surface area (Å²) in [7, 11) is 0. The third kappa shape index (κ3) is 3.72. The predicted molar refractivity (Wildman–Crippen MR) is 101 cm³/mol. The number of nitrogens with zero attached hydrogens (tertiary/aromatic N) is 3. The number of hydrogen-bond donors (Lipinski definition) is 1. The highest BCUT2D eigenvalue weighted by Gasteiger charge is 2.25. The topological polar surface area (TPSA) is 80.3 Å². The maximum Gasteiger partial charge on any atom is 0.253 e. The van der Waals surface area contributed by atoms with Gasteiger partial charge in [0.2, 0.25) is 0 Å². The van der Waals surface area contributed by atoms with E-state index in [4.69, 9.17) is 9.47 Å². The molecule has 0 atom stereocenters. The van der Waals surface area contributed by atoms with Crippen molar-refractivity contribution >= 4 is 16.9 Å². The van der Waals surface area contributed by atoms with Crippen molar-refractivity contribution in [3.63, 3.8) is 0 Å². The summed E-state index contributed by atoms with van der Waals surface area (Å²) in [4.78, 5) is 14.6. The molecule has 0 aliphatic carbocycles. The lowest BCUT2D eigenvalue weighted by Gasteiger charge is -2.32. The first-order valence-electron chi connectivity index (χ1n) is 9.23. The van der Waals surface area contributed by atoms with Gasteiger partial charge in [-0.25, -0.2) is 0 Å². The van der Waals surface area contributed by atoms with Gasteiger partial charge in [-0.3, -0.25) is 4.79 Å². The van der Waals surface area contributed by atoms with E-state index in [1.54, 1.807) is 12.1 Å². The monoisotopic (exact) mass is 366 g/mol. The molecule has 0 radical (unpaired) electrons. The molecule has 7 nitrogen and oxygen atoms in total. The Bertz CT molecular complexity index is 932. The van der Waals surface area contributed by atoms with Gasteiger partial charge in [0, 0.05) is 31.5 Å². The van der Waals surface area contributed by atoms with E-state index in [1.165, 1.54) is 0 Å². The fourth-order valence-electron chi connectivity index (χ4n) is 3.33. The second-order valence-electron chi connectivity index (χ2n) is 6.52. The average molecular weight is 366 g/mol. The van der Waals surface area contributed by atoms with Gasteiger partial charge in [-0.2, -0.15) is 15.4 Å². The Hall–Kier alpha value is -3.09. The number of piperidine rings is 1. The number of nitrogens with one attached hydrogen (secondary N) is 1. The molecule has 0 bridgehead atoms. The number of carbonyl (C=O) groups is 1. The fraction of sp³-hybridized carbons (Fsp3) is 0.350. The van der Waals surface area contributed by atoms with Crippen molar-refractivity contribution in [2.45, 2.75) is 25.9 Å². The molecule has 1 aliphatic rings. The van der Waals surface area contributed by atoms with Crippen molar-refractivity contribution in [1.82, 2.24) is 20.3 Å². The van der Waals surface area contributed by atoms with Gasteiger partial charge in [0.05, 0.1) is 6.61 Å². The Morgan fingerprint density at radius 1 is 1.11 bits per heavy atom. The number of H-pyrrole nitrogens is 1. The van der Waals surface area contributed by atoms with Gasteiger partial charge in [-0.05, 0) is 37.3 Å². The average Bonchev–Trinajstić information content (AvgIpc) is 3.17. The van der Waals surface area contributed by atoms with E-state index in [2.05, 4.69) is 15.4 Å². The summed E-state index contributed by atoms with van der Waals surface area (Å²) in [5.41, 5.74) is 2.09. The second kappa shape index (κ2) is 7.65. The van der Waals surface area contributed by atoms with Crippen molar-refractivity contribution in [3.8, 4) is 11.5 Å². The number of rotatable bonds is 5. The van der Waals surface area contributed by atoms with Crippen molar-refractivity contribution in [2.75, 3.05) is 19.7 Å². The third-order valence-electron chi connectivity index (χ3n) is 4.74. The summed E-state index contributed by atoms with van der Waals surface area (Å²) in [6, 6.07) is 13.1. The van der Waals surface area contributed by atoms with Crippen LogP contribution < -0.4 is 9.47 Å². The van der Waals surface area contributed by atoms with Crippen LogP contribution in [0.2, 0.25) is 0 Å². The molecule has 3 aromatic rings. The standard InChI is InChI=1S/C20H22N4O3/c1-2-26-18-5-3-4-6-19(18)27-15-9-11-24(12-10-15)20(25)14-7-8-16-17(13-14)22-23-21-16/h3-8,13,15H,2,9-12H2,1H3,(H,21,22,23). The van der Waals surface area contributed by atoms with Crippen molar-refractivity contribution in [1.29, 1.82) is 0 Å². The summed E-state index contributed by atoms with van der Waals surface area (Å²) in [5, 5.41) is 10.6. The van der Waals surface area contributed by atoms with E-state index in [0.717, 1.165) is 29.9 Å². The highest BCUT2D eigenvalue weighted by molar-refractivity contribution is 5.97. The summed E-state index contributed by atoms with van der Waals surface area (Å²) in [6.45, 7) is 3.88. The summed E-state index contributed by atoms with van der Waals surface area (Å²) < 4.78 is 11.8. The van der Waals surface area contributed by atoms with Crippen LogP contribution in [0.25, 0.3) is 11.0 Å². The molecule has 0 saturated carbocycles. The Balaban J connectivity index is 1.38. The van der Waals surface area contributed by atoms with Gasteiger partial charge in [0.25, 0.3) is 5.91 Å². The number of likely N-dealkylation sites (tertiary alicyclic amines) is 1. The minimum Gasteiger partial charge on any atom is -0.490 e. The number of benzene rings is 2. The minimum absolute atomic E-state index is 0.0214. The first kappa shape index (κ1) is 17.3. The van der Waals surface area contributed by atoms with Crippen molar-refractivity contribution < 1.29 is 14.3 Å². The Kier molecular flexibility index (Phi) is 4.91. The SMILES string of the molecule is CCOc1ccccc1OC1CCN(C(=O)c2ccc3n[nH]nc3c2)CC1. The molecule has 1 aromatic heterocycles. The van der Waals surface area contributed by atoms with Gasteiger partial charge >= 0.3 is 0 Å². The lowest BCUT2D eigenvalue weighted by molar-refractivity contribution is 0.0589. The van der Waals surface area contributed by atoms with Gasteiger partial charge < -0.3 is 14.4 Å². The molecular formula is C20H22N4O3. The Morgan fingerprint density at radius 3 is 2.63 bits per heavy atom. The number of hydrogen-bond acceptors (Lipinski definition) is 5. The zero-order valence-corrected chi connectivity index (χ0v) is 15.2. The van der Waals surface area contributed by atoms with Crippen LogP contribution in [-0.2, 0) is 0 Å². The number of fused-ring (bicyclic) bond motifs is 1. The largest absolute Gasteiger partial charge is 0.490 e. The Labute approximate surface area is 157 Å². The maximum atomic E-state index is 12.8. The van der Waals surface area contributed by atoms with Crippen LogP contribution in [-0.4, -0.2) is 52.0 Å². The van der Waals surface area contributed by atoms with Crippen LogP contribution in [0.4, 0.5) is 0 Å². The van der Waals surface area contributed by atoms with Crippen LogP contribution in [0.1, 0.15) is 30.1 Å². The second-order valence-corrected chi connectivity index (χ2v) is 6.52. The normalized spacial score (nSPS) is 15.1. The van der Waals surface area contributed by atoms with Crippen LogP contribution >= 0.6 is 0 Å². The van der Waals surface area contributed by atoms with E-state index in [1.807, 2.05) is 42.2 Å². The van der Waals surface area contributed by atoms with E-state index in [9.17, 15) is 4.79 Å². The van der Waals surface area contributed by atoms with Gasteiger partial charge in [-0.15, -0.1) is 0 Å². The lowest BCUT2D eigenvalue weighted by Crippen LogP contribution is -2.41. The molecule has 27 heavy (non-hydrogen) atoms. The first-order valence-corrected chi connectivity index (χ1v) is 9.23. The summed E-state index contributed by atoms with van der Waals surface area (Å²) >= 11 is 0. The molecule has 7 heteroatoms. The number of amides is 1. The third-order valence-corrected chi connectivity index (χ3v) is 4.74. The van der Waals surface area contributed by atoms with Crippen LogP contribution in [0.5, 0.6) is 11.5 Å². The summed E-state index contributed by atoms with van der Waals surface area (Å²) in [5.74, 6) is 1.55. The number of aromatic nitrogens is 3. The number of ether oxygens (including phenoxy) is 2. The fourth-order valence-corrected chi connectivity index (χ4v) is 3.33. The van der Waals surface area contributed by atoms with Gasteiger partial charge in [-0.1, -0.05) is 12.1 Å². The van der Waals surface area contributed by atoms with Crippen molar-refractivity contribution in [2.24, 2.45) is 0 Å². The van der Waals surface area contributed by atoms with E-state index >= 15 is 0 Å². The first-order chi connectivity index (χ1) is 13.2. The van der Waals surface area contributed by atoms with E-state index in [0.29, 0.717) is 30.8 Å². The van der Waals surface area contributed by atoms with Crippen LogP contribution in [0.3, 0.4) is 0 Å². The van der Waals surface area contributed by atoms with Crippen LogP contribution in [0.15, 0.2) is 42.5 Å². The maximum absolute atomic E-state index is 12.8. The van der Waals surface area contributed by atoms with Crippen LogP contribution in [0, 0.1) is 0 Å². The molecule has 1 N–H and O–H groups in total.